The molecule has 0 atom stereocenters. The van der Waals surface area contributed by atoms with Gasteiger partial charge in [0.05, 0.1) is 7.11 Å². The third kappa shape index (κ3) is 3.30. The highest BCUT2D eigenvalue weighted by molar-refractivity contribution is 5.76. The molecule has 0 radical (unpaired) electrons. The molecule has 0 saturated carbocycles. The maximum atomic E-state index is 10.6. The SMILES string of the molecule is COc1cc(C=O)cc(CNC(=O)O)c1. The number of ether oxygens (including phenoxy) is 1. The first kappa shape index (κ1) is 11.0. The monoisotopic (exact) mass is 209 g/mol. The van der Waals surface area contributed by atoms with Gasteiger partial charge in [-0.2, -0.15) is 0 Å². The molecule has 1 rings (SSSR count). The number of carbonyl (C=O) groups is 2. The van der Waals surface area contributed by atoms with E-state index in [0.717, 1.165) is 0 Å². The van der Waals surface area contributed by atoms with Crippen molar-refractivity contribution in [2.24, 2.45) is 0 Å². The average Bonchev–Trinajstić information content (AvgIpc) is 2.25. The third-order valence-electron chi connectivity index (χ3n) is 1.80. The summed E-state index contributed by atoms with van der Waals surface area (Å²) in [6, 6.07) is 4.85. The zero-order valence-corrected chi connectivity index (χ0v) is 8.19. The average molecular weight is 209 g/mol. The van der Waals surface area contributed by atoms with Crippen molar-refractivity contribution in [3.8, 4) is 5.75 Å². The Morgan fingerprint density at radius 3 is 2.80 bits per heavy atom. The Kier molecular flexibility index (Phi) is 3.68. The molecule has 0 aliphatic heterocycles. The number of hydrogen-bond acceptors (Lipinski definition) is 3. The minimum Gasteiger partial charge on any atom is -0.497 e. The molecule has 5 heteroatoms. The van der Waals surface area contributed by atoms with Crippen molar-refractivity contribution < 1.29 is 19.4 Å². The van der Waals surface area contributed by atoms with Gasteiger partial charge in [-0.15, -0.1) is 0 Å². The van der Waals surface area contributed by atoms with Gasteiger partial charge in [0.25, 0.3) is 0 Å². The smallest absolute Gasteiger partial charge is 0.404 e. The molecule has 0 heterocycles. The van der Waals surface area contributed by atoms with Gasteiger partial charge in [0, 0.05) is 12.1 Å². The first-order valence-corrected chi connectivity index (χ1v) is 4.25. The molecular weight excluding hydrogens is 198 g/mol. The molecule has 1 aromatic carbocycles. The maximum Gasteiger partial charge on any atom is 0.404 e. The van der Waals surface area contributed by atoms with Gasteiger partial charge < -0.3 is 15.2 Å². The van der Waals surface area contributed by atoms with E-state index in [9.17, 15) is 9.59 Å². The first-order chi connectivity index (χ1) is 7.15. The number of carbonyl (C=O) groups excluding carboxylic acids is 1. The van der Waals surface area contributed by atoms with Crippen molar-refractivity contribution in [1.82, 2.24) is 5.32 Å². The number of carboxylic acid groups (broad SMARTS) is 1. The fraction of sp³-hybridized carbons (Fsp3) is 0.200. The van der Waals surface area contributed by atoms with E-state index in [1.54, 1.807) is 18.2 Å². The van der Waals surface area contributed by atoms with Crippen molar-refractivity contribution in [2.75, 3.05) is 7.11 Å². The summed E-state index contributed by atoms with van der Waals surface area (Å²) in [7, 11) is 1.48. The van der Waals surface area contributed by atoms with Crippen LogP contribution in [0.4, 0.5) is 4.79 Å². The van der Waals surface area contributed by atoms with Gasteiger partial charge in [-0.25, -0.2) is 4.79 Å². The molecule has 0 fully saturated rings. The van der Waals surface area contributed by atoms with Gasteiger partial charge in [-0.05, 0) is 23.8 Å². The summed E-state index contributed by atoms with van der Waals surface area (Å²) < 4.78 is 4.97. The van der Waals surface area contributed by atoms with Crippen LogP contribution in [0.25, 0.3) is 0 Å². The summed E-state index contributed by atoms with van der Waals surface area (Å²) in [6.07, 6.45) is -0.419. The van der Waals surface area contributed by atoms with Crippen LogP contribution < -0.4 is 10.1 Å². The Balaban J connectivity index is 2.86. The number of benzene rings is 1. The van der Waals surface area contributed by atoms with E-state index in [1.165, 1.54) is 7.11 Å². The standard InChI is InChI=1S/C10H11NO4/c1-15-9-3-7(5-11-10(13)14)2-8(4-9)6-12/h2-4,6,11H,5H2,1H3,(H,13,14). The second-order valence-electron chi connectivity index (χ2n) is 2.89. The highest BCUT2D eigenvalue weighted by atomic mass is 16.5. The molecule has 1 amide bonds. The lowest BCUT2D eigenvalue weighted by molar-refractivity contribution is 0.112. The first-order valence-electron chi connectivity index (χ1n) is 4.25. The Morgan fingerprint density at radius 2 is 2.27 bits per heavy atom. The molecule has 0 bridgehead atoms. The lowest BCUT2D eigenvalue weighted by atomic mass is 10.1. The second kappa shape index (κ2) is 4.99. The lowest BCUT2D eigenvalue weighted by Gasteiger charge is -2.05. The molecule has 1 aromatic rings. The van der Waals surface area contributed by atoms with Crippen LogP contribution in [0.1, 0.15) is 15.9 Å². The van der Waals surface area contributed by atoms with Crippen molar-refractivity contribution in [3.63, 3.8) is 0 Å². The number of amides is 1. The topological polar surface area (TPSA) is 75.6 Å². The van der Waals surface area contributed by atoms with Crippen molar-refractivity contribution in [2.45, 2.75) is 6.54 Å². The summed E-state index contributed by atoms with van der Waals surface area (Å²) in [5, 5.41) is 10.6. The molecule has 15 heavy (non-hydrogen) atoms. The van der Waals surface area contributed by atoms with Gasteiger partial charge in [-0.1, -0.05) is 0 Å². The third-order valence-corrected chi connectivity index (χ3v) is 1.80. The van der Waals surface area contributed by atoms with Crippen LogP contribution in [0.5, 0.6) is 5.75 Å². The molecule has 0 aromatic heterocycles. The van der Waals surface area contributed by atoms with Crippen molar-refractivity contribution >= 4 is 12.4 Å². The largest absolute Gasteiger partial charge is 0.497 e. The minimum atomic E-state index is -1.11. The number of nitrogens with one attached hydrogen (secondary N) is 1. The molecule has 2 N–H and O–H groups in total. The van der Waals surface area contributed by atoms with Gasteiger partial charge in [0.1, 0.15) is 12.0 Å². The van der Waals surface area contributed by atoms with Crippen LogP contribution in [0, 0.1) is 0 Å². The predicted molar refractivity (Wildman–Crippen MR) is 53.2 cm³/mol. The number of aldehydes is 1. The summed E-state index contributed by atoms with van der Waals surface area (Å²) in [5.41, 5.74) is 1.13. The van der Waals surface area contributed by atoms with Crippen LogP contribution in [0.2, 0.25) is 0 Å². The lowest BCUT2D eigenvalue weighted by Crippen LogP contribution is -2.19. The van der Waals surface area contributed by atoms with E-state index in [-0.39, 0.29) is 6.54 Å². The van der Waals surface area contributed by atoms with Crippen molar-refractivity contribution in [3.05, 3.63) is 29.3 Å². The minimum absolute atomic E-state index is 0.146. The fourth-order valence-corrected chi connectivity index (χ4v) is 1.15. The van der Waals surface area contributed by atoms with Crippen LogP contribution in [0.15, 0.2) is 18.2 Å². The molecule has 5 nitrogen and oxygen atoms in total. The number of methoxy groups -OCH3 is 1. The normalized spacial score (nSPS) is 9.40. The quantitative estimate of drug-likeness (QED) is 0.732. The zero-order valence-electron chi connectivity index (χ0n) is 8.19. The van der Waals surface area contributed by atoms with E-state index in [2.05, 4.69) is 5.32 Å². The van der Waals surface area contributed by atoms with Gasteiger partial charge in [0.15, 0.2) is 0 Å². The molecule has 0 unspecified atom stereocenters. The molecule has 0 aliphatic rings. The Morgan fingerprint density at radius 1 is 1.53 bits per heavy atom. The van der Waals surface area contributed by atoms with Crippen LogP contribution in [0.3, 0.4) is 0 Å². The molecular formula is C10H11NO4. The summed E-state index contributed by atoms with van der Waals surface area (Å²) in [5.74, 6) is 0.529. The van der Waals surface area contributed by atoms with Gasteiger partial charge in [-0.3, -0.25) is 4.79 Å². The number of rotatable bonds is 4. The molecule has 0 saturated heterocycles. The van der Waals surface area contributed by atoms with Gasteiger partial charge in [0.2, 0.25) is 0 Å². The summed E-state index contributed by atoms with van der Waals surface area (Å²) in [4.78, 5) is 20.8. The van der Waals surface area contributed by atoms with E-state index < -0.39 is 6.09 Å². The van der Waals surface area contributed by atoms with Crippen molar-refractivity contribution in [1.29, 1.82) is 0 Å². The van der Waals surface area contributed by atoms with E-state index in [0.29, 0.717) is 23.2 Å². The number of hydrogen-bond donors (Lipinski definition) is 2. The molecule has 0 aliphatic carbocycles. The van der Waals surface area contributed by atoms with E-state index in [4.69, 9.17) is 9.84 Å². The predicted octanol–water partition coefficient (Wildman–Crippen LogP) is 1.28. The summed E-state index contributed by atoms with van der Waals surface area (Å²) >= 11 is 0. The van der Waals surface area contributed by atoms with Crippen LogP contribution >= 0.6 is 0 Å². The fourth-order valence-electron chi connectivity index (χ4n) is 1.15. The second-order valence-corrected chi connectivity index (χ2v) is 2.89. The van der Waals surface area contributed by atoms with E-state index in [1.807, 2.05) is 0 Å². The Bertz CT molecular complexity index is 376. The Labute approximate surface area is 86.7 Å². The van der Waals surface area contributed by atoms with E-state index >= 15 is 0 Å². The highest BCUT2D eigenvalue weighted by Crippen LogP contribution is 2.15. The summed E-state index contributed by atoms with van der Waals surface area (Å²) in [6.45, 7) is 0.146. The highest BCUT2D eigenvalue weighted by Gasteiger charge is 2.02. The zero-order chi connectivity index (χ0) is 11.3. The van der Waals surface area contributed by atoms with Crippen LogP contribution in [-0.4, -0.2) is 24.6 Å². The van der Waals surface area contributed by atoms with Gasteiger partial charge >= 0.3 is 6.09 Å². The maximum absolute atomic E-state index is 10.6. The Hall–Kier alpha value is -2.04. The van der Waals surface area contributed by atoms with Crippen LogP contribution in [-0.2, 0) is 6.54 Å². The molecule has 0 spiro atoms. The molecule has 80 valence electrons.